The van der Waals surface area contributed by atoms with E-state index in [0.29, 0.717) is 0 Å². The van der Waals surface area contributed by atoms with E-state index in [1.165, 1.54) is 16.5 Å². The molecule has 1 aliphatic carbocycles. The zero-order chi connectivity index (χ0) is 12.4. The van der Waals surface area contributed by atoms with Crippen molar-refractivity contribution in [3.05, 3.63) is 65.8 Å². The van der Waals surface area contributed by atoms with Gasteiger partial charge in [0.25, 0.3) is 0 Å². The number of hydrogen-bond acceptors (Lipinski definition) is 1. The van der Waals surface area contributed by atoms with Crippen LogP contribution in [0.5, 0.6) is 0 Å². The summed E-state index contributed by atoms with van der Waals surface area (Å²) < 4.78 is 0. The fraction of sp³-hybridized carbons (Fsp3) is 0.118. The SMILES string of the molecule is O=Cc1ccc2ccc(C3=CCCC=C3)cc2c1. The Kier molecular flexibility index (Phi) is 2.81. The van der Waals surface area contributed by atoms with Crippen molar-refractivity contribution in [3.8, 4) is 0 Å². The number of rotatable bonds is 2. The van der Waals surface area contributed by atoms with Crippen molar-refractivity contribution in [2.75, 3.05) is 0 Å². The lowest BCUT2D eigenvalue weighted by Gasteiger charge is -2.08. The maximum Gasteiger partial charge on any atom is 0.150 e. The number of hydrogen-bond donors (Lipinski definition) is 0. The molecule has 0 saturated carbocycles. The molecular formula is C17H14O. The molecule has 1 nitrogen and oxygen atoms in total. The molecule has 88 valence electrons. The first-order valence-corrected chi connectivity index (χ1v) is 6.23. The fourth-order valence-corrected chi connectivity index (χ4v) is 2.35. The third kappa shape index (κ3) is 2.00. The Balaban J connectivity index is 2.11. The maximum atomic E-state index is 10.8. The van der Waals surface area contributed by atoms with Gasteiger partial charge >= 0.3 is 0 Å². The van der Waals surface area contributed by atoms with Crippen LogP contribution in [0, 0.1) is 0 Å². The molecular weight excluding hydrogens is 220 g/mol. The molecule has 18 heavy (non-hydrogen) atoms. The molecule has 3 rings (SSSR count). The number of carbonyl (C=O) groups excluding carboxylic acids is 1. The van der Waals surface area contributed by atoms with Crippen molar-refractivity contribution in [2.24, 2.45) is 0 Å². The fourth-order valence-electron chi connectivity index (χ4n) is 2.35. The summed E-state index contributed by atoms with van der Waals surface area (Å²) in [5.74, 6) is 0. The smallest absolute Gasteiger partial charge is 0.150 e. The highest BCUT2D eigenvalue weighted by Crippen LogP contribution is 2.25. The molecule has 0 radical (unpaired) electrons. The quantitative estimate of drug-likeness (QED) is 0.704. The van der Waals surface area contributed by atoms with Crippen LogP contribution in [0.25, 0.3) is 16.3 Å². The summed E-state index contributed by atoms with van der Waals surface area (Å²) in [6, 6.07) is 12.2. The molecule has 1 aliphatic rings. The van der Waals surface area contributed by atoms with E-state index >= 15 is 0 Å². The molecule has 0 atom stereocenters. The van der Waals surface area contributed by atoms with E-state index < -0.39 is 0 Å². The minimum atomic E-state index is 0.729. The van der Waals surface area contributed by atoms with Crippen LogP contribution in [0.1, 0.15) is 28.8 Å². The molecule has 0 amide bonds. The average Bonchev–Trinajstić information content (AvgIpc) is 2.47. The highest BCUT2D eigenvalue weighted by Gasteiger charge is 2.03. The summed E-state index contributed by atoms with van der Waals surface area (Å²) in [4.78, 5) is 10.8. The van der Waals surface area contributed by atoms with Crippen LogP contribution in [0.15, 0.2) is 54.6 Å². The van der Waals surface area contributed by atoms with E-state index in [1.54, 1.807) is 0 Å². The molecule has 0 unspecified atom stereocenters. The molecule has 0 saturated heterocycles. The second kappa shape index (κ2) is 4.61. The average molecular weight is 234 g/mol. The number of fused-ring (bicyclic) bond motifs is 1. The number of aldehydes is 1. The molecule has 0 heterocycles. The summed E-state index contributed by atoms with van der Waals surface area (Å²) in [5.41, 5.74) is 3.23. The third-order valence-electron chi connectivity index (χ3n) is 3.33. The summed E-state index contributed by atoms with van der Waals surface area (Å²) in [5, 5.41) is 2.29. The van der Waals surface area contributed by atoms with Crippen LogP contribution in [0.4, 0.5) is 0 Å². The summed E-state index contributed by atoms with van der Waals surface area (Å²) in [6.07, 6.45) is 9.79. The predicted octanol–water partition coefficient (Wildman–Crippen LogP) is 4.39. The van der Waals surface area contributed by atoms with Crippen molar-refractivity contribution >= 4 is 22.6 Å². The van der Waals surface area contributed by atoms with Gasteiger partial charge in [-0.2, -0.15) is 0 Å². The maximum absolute atomic E-state index is 10.8. The summed E-state index contributed by atoms with van der Waals surface area (Å²) >= 11 is 0. The normalized spacial score (nSPS) is 14.6. The number of allylic oxidation sites excluding steroid dienone is 4. The first-order valence-electron chi connectivity index (χ1n) is 6.23. The molecule has 0 bridgehead atoms. The number of benzene rings is 2. The van der Waals surface area contributed by atoms with Crippen molar-refractivity contribution in [3.63, 3.8) is 0 Å². The Morgan fingerprint density at radius 3 is 2.61 bits per heavy atom. The molecule has 0 spiro atoms. The van der Waals surface area contributed by atoms with Gasteiger partial charge in [0.2, 0.25) is 0 Å². The van der Waals surface area contributed by atoms with E-state index in [4.69, 9.17) is 0 Å². The standard InChI is InChI=1S/C17H14O/c18-12-13-6-7-15-8-9-16(11-17(15)10-13)14-4-2-1-3-5-14/h2,4-12H,1,3H2. The van der Waals surface area contributed by atoms with E-state index in [2.05, 4.69) is 36.4 Å². The van der Waals surface area contributed by atoms with Crippen molar-refractivity contribution in [1.82, 2.24) is 0 Å². The second-order valence-electron chi connectivity index (χ2n) is 4.58. The Bertz CT molecular complexity index is 662. The molecule has 0 aliphatic heterocycles. The van der Waals surface area contributed by atoms with Gasteiger partial charge in [0, 0.05) is 5.56 Å². The molecule has 0 aromatic heterocycles. The third-order valence-corrected chi connectivity index (χ3v) is 3.33. The highest BCUT2D eigenvalue weighted by atomic mass is 16.1. The topological polar surface area (TPSA) is 17.1 Å². The van der Waals surface area contributed by atoms with Crippen LogP contribution in [-0.4, -0.2) is 6.29 Å². The van der Waals surface area contributed by atoms with Gasteiger partial charge in [-0.25, -0.2) is 0 Å². The van der Waals surface area contributed by atoms with E-state index in [9.17, 15) is 4.79 Å². The van der Waals surface area contributed by atoms with Crippen molar-refractivity contribution < 1.29 is 4.79 Å². The zero-order valence-electron chi connectivity index (χ0n) is 10.1. The second-order valence-corrected chi connectivity index (χ2v) is 4.58. The Labute approximate surface area is 106 Å². The van der Waals surface area contributed by atoms with Crippen LogP contribution in [0.3, 0.4) is 0 Å². The molecule has 0 fully saturated rings. The van der Waals surface area contributed by atoms with Crippen molar-refractivity contribution in [1.29, 1.82) is 0 Å². The lowest BCUT2D eigenvalue weighted by molar-refractivity contribution is 0.112. The zero-order valence-corrected chi connectivity index (χ0v) is 10.1. The Morgan fingerprint density at radius 1 is 0.944 bits per heavy atom. The predicted molar refractivity (Wildman–Crippen MR) is 75.7 cm³/mol. The monoisotopic (exact) mass is 234 g/mol. The van der Waals surface area contributed by atoms with Gasteiger partial charge in [-0.05, 0) is 46.9 Å². The summed E-state index contributed by atoms with van der Waals surface area (Å²) in [7, 11) is 0. The number of carbonyl (C=O) groups is 1. The van der Waals surface area contributed by atoms with Gasteiger partial charge < -0.3 is 0 Å². The van der Waals surface area contributed by atoms with Gasteiger partial charge in [0.05, 0.1) is 0 Å². The molecule has 2 aromatic rings. The first kappa shape index (κ1) is 11.0. The Morgan fingerprint density at radius 2 is 1.83 bits per heavy atom. The molecule has 2 aromatic carbocycles. The van der Waals surface area contributed by atoms with E-state index in [-0.39, 0.29) is 0 Å². The van der Waals surface area contributed by atoms with Crippen LogP contribution < -0.4 is 0 Å². The van der Waals surface area contributed by atoms with Crippen LogP contribution in [0.2, 0.25) is 0 Å². The molecule has 0 N–H and O–H groups in total. The van der Waals surface area contributed by atoms with Crippen LogP contribution in [-0.2, 0) is 0 Å². The minimum absolute atomic E-state index is 0.729. The minimum Gasteiger partial charge on any atom is -0.298 e. The Hall–Kier alpha value is -2.15. The summed E-state index contributed by atoms with van der Waals surface area (Å²) in [6.45, 7) is 0. The van der Waals surface area contributed by atoms with Gasteiger partial charge in [-0.1, -0.05) is 42.5 Å². The highest BCUT2D eigenvalue weighted by molar-refractivity contribution is 5.92. The first-order chi connectivity index (χ1) is 8.86. The lowest BCUT2D eigenvalue weighted by atomic mass is 9.96. The van der Waals surface area contributed by atoms with Gasteiger partial charge in [0.1, 0.15) is 6.29 Å². The van der Waals surface area contributed by atoms with Crippen LogP contribution >= 0.6 is 0 Å². The largest absolute Gasteiger partial charge is 0.298 e. The van der Waals surface area contributed by atoms with E-state index in [0.717, 1.165) is 30.1 Å². The molecule has 1 heteroatoms. The van der Waals surface area contributed by atoms with Gasteiger partial charge in [0.15, 0.2) is 0 Å². The van der Waals surface area contributed by atoms with Gasteiger partial charge in [-0.3, -0.25) is 4.79 Å². The van der Waals surface area contributed by atoms with Gasteiger partial charge in [-0.15, -0.1) is 0 Å². The van der Waals surface area contributed by atoms with E-state index in [1.807, 2.05) is 18.2 Å². The van der Waals surface area contributed by atoms with Crippen molar-refractivity contribution in [2.45, 2.75) is 12.8 Å². The lowest BCUT2D eigenvalue weighted by Crippen LogP contribution is -1.87.